The highest BCUT2D eigenvalue weighted by Crippen LogP contribution is 2.37. The van der Waals surface area contributed by atoms with Gasteiger partial charge in [0.2, 0.25) is 0 Å². The highest BCUT2D eigenvalue weighted by molar-refractivity contribution is 7.16. The van der Waals surface area contributed by atoms with Crippen molar-refractivity contribution in [3.8, 4) is 0 Å². The lowest BCUT2D eigenvalue weighted by Gasteiger charge is -2.21. The summed E-state index contributed by atoms with van der Waals surface area (Å²) < 4.78 is 0. The van der Waals surface area contributed by atoms with Crippen LogP contribution in [0.1, 0.15) is 51.7 Å². The van der Waals surface area contributed by atoms with Crippen molar-refractivity contribution in [1.29, 1.82) is 0 Å². The molecule has 0 radical (unpaired) electrons. The monoisotopic (exact) mass is 383 g/mol. The van der Waals surface area contributed by atoms with Gasteiger partial charge < -0.3 is 10.6 Å². The summed E-state index contributed by atoms with van der Waals surface area (Å²) in [4.78, 5) is 37.8. The van der Waals surface area contributed by atoms with Gasteiger partial charge in [-0.2, -0.15) is 0 Å². The molecule has 4 amide bonds. The van der Waals surface area contributed by atoms with Crippen LogP contribution in [0.5, 0.6) is 0 Å². The number of benzene rings is 1. The van der Waals surface area contributed by atoms with Crippen LogP contribution < -0.4 is 16.0 Å². The number of carbonyl (C=O) groups excluding carboxylic acids is 3. The number of nitrogens with one attached hydrogen (secondary N) is 3. The van der Waals surface area contributed by atoms with Crippen LogP contribution in [-0.4, -0.2) is 17.8 Å². The minimum atomic E-state index is -1.18. The minimum Gasteiger partial charge on any atom is -0.320 e. The lowest BCUT2D eigenvalue weighted by Crippen LogP contribution is -2.40. The zero-order chi connectivity index (χ0) is 19.2. The van der Waals surface area contributed by atoms with E-state index < -0.39 is 17.5 Å². The van der Waals surface area contributed by atoms with E-state index in [1.165, 1.54) is 23.3 Å². The highest BCUT2D eigenvalue weighted by Gasteiger charge is 2.43. The first-order valence-electron chi connectivity index (χ1n) is 9.05. The fraction of sp³-hybridized carbons (Fsp3) is 0.350. The third-order valence-corrected chi connectivity index (χ3v) is 6.72. The molecule has 1 saturated heterocycles. The molecule has 0 unspecified atom stereocenters. The third kappa shape index (κ3) is 3.02. The number of amides is 4. The minimum absolute atomic E-state index is 0.216. The van der Waals surface area contributed by atoms with Crippen LogP contribution in [0.4, 0.5) is 9.80 Å². The third-order valence-electron chi connectivity index (χ3n) is 5.41. The Morgan fingerprint density at radius 2 is 2.00 bits per heavy atom. The van der Waals surface area contributed by atoms with Gasteiger partial charge in [-0.15, -0.1) is 11.3 Å². The van der Waals surface area contributed by atoms with Gasteiger partial charge in [-0.3, -0.25) is 14.9 Å². The summed E-state index contributed by atoms with van der Waals surface area (Å²) in [6.45, 7) is 3.69. The maximum absolute atomic E-state index is 12.8. The lowest BCUT2D eigenvalue weighted by molar-refractivity contribution is -0.123. The molecule has 0 saturated carbocycles. The second-order valence-corrected chi connectivity index (χ2v) is 8.34. The molecule has 2 aliphatic rings. The number of hydrogen-bond donors (Lipinski definition) is 3. The van der Waals surface area contributed by atoms with Crippen LogP contribution >= 0.6 is 11.3 Å². The molecule has 140 valence electrons. The number of thiophene rings is 1. The maximum atomic E-state index is 12.8. The summed E-state index contributed by atoms with van der Waals surface area (Å²) in [5, 5.41) is 8.79. The molecular formula is C20H21N3O3S. The SMILES string of the molecule is Cc1c(NC(=O)c2cccc([C@]3(C)NC(=O)NC3=O)c2)sc2c1CCCC2. The first kappa shape index (κ1) is 17.7. The standard InChI is InChI=1S/C20H21N3O3S/c1-11-14-8-3-4-9-15(14)27-17(11)21-16(24)12-6-5-7-13(10-12)20(2)18(25)22-19(26)23-20/h5-7,10H,3-4,8-9H2,1-2H3,(H,21,24)(H2,22,23,25,26)/t20-/m0/s1. The van der Waals surface area contributed by atoms with Crippen LogP contribution in [0, 0.1) is 6.92 Å². The molecule has 1 atom stereocenters. The predicted octanol–water partition coefficient (Wildman–Crippen LogP) is 3.24. The van der Waals surface area contributed by atoms with E-state index in [-0.39, 0.29) is 5.91 Å². The number of anilines is 1. The van der Waals surface area contributed by atoms with E-state index in [2.05, 4.69) is 22.9 Å². The Morgan fingerprint density at radius 3 is 2.70 bits per heavy atom. The van der Waals surface area contributed by atoms with Crippen molar-refractivity contribution in [1.82, 2.24) is 10.6 Å². The molecule has 1 aliphatic carbocycles. The van der Waals surface area contributed by atoms with E-state index in [0.717, 1.165) is 23.4 Å². The van der Waals surface area contributed by atoms with Gasteiger partial charge in [-0.1, -0.05) is 12.1 Å². The molecule has 7 heteroatoms. The van der Waals surface area contributed by atoms with Crippen molar-refractivity contribution in [3.63, 3.8) is 0 Å². The second-order valence-electron chi connectivity index (χ2n) is 7.23. The van der Waals surface area contributed by atoms with Gasteiger partial charge >= 0.3 is 6.03 Å². The fourth-order valence-electron chi connectivity index (χ4n) is 3.74. The zero-order valence-electron chi connectivity index (χ0n) is 15.3. The molecule has 0 bridgehead atoms. The Kier molecular flexibility index (Phi) is 4.26. The molecular weight excluding hydrogens is 362 g/mol. The highest BCUT2D eigenvalue weighted by atomic mass is 32.1. The quantitative estimate of drug-likeness (QED) is 0.711. The average Bonchev–Trinajstić information content (AvgIpc) is 3.11. The summed E-state index contributed by atoms with van der Waals surface area (Å²) in [6.07, 6.45) is 4.57. The molecule has 2 aromatic rings. The number of carbonyl (C=O) groups is 3. The van der Waals surface area contributed by atoms with Crippen molar-refractivity contribution in [3.05, 3.63) is 51.4 Å². The topological polar surface area (TPSA) is 87.3 Å². The number of fused-ring (bicyclic) bond motifs is 1. The Hall–Kier alpha value is -2.67. The lowest BCUT2D eigenvalue weighted by atomic mass is 9.91. The first-order valence-corrected chi connectivity index (χ1v) is 9.87. The van der Waals surface area contributed by atoms with Crippen LogP contribution in [0.2, 0.25) is 0 Å². The van der Waals surface area contributed by atoms with Gasteiger partial charge in [-0.05, 0) is 68.4 Å². The Balaban J connectivity index is 1.59. The van der Waals surface area contributed by atoms with Crippen molar-refractivity contribution in [2.45, 2.75) is 45.1 Å². The molecule has 2 heterocycles. The maximum Gasteiger partial charge on any atom is 0.322 e. The Bertz CT molecular complexity index is 965. The van der Waals surface area contributed by atoms with Crippen LogP contribution in [0.15, 0.2) is 24.3 Å². The van der Waals surface area contributed by atoms with Crippen LogP contribution in [-0.2, 0) is 23.2 Å². The molecule has 4 rings (SSSR count). The molecule has 1 fully saturated rings. The zero-order valence-corrected chi connectivity index (χ0v) is 16.1. The van der Waals surface area contributed by atoms with Crippen LogP contribution in [0.25, 0.3) is 0 Å². The number of rotatable bonds is 3. The van der Waals surface area contributed by atoms with Crippen molar-refractivity contribution >= 4 is 34.2 Å². The number of aryl methyl sites for hydroxylation is 1. The molecule has 27 heavy (non-hydrogen) atoms. The summed E-state index contributed by atoms with van der Waals surface area (Å²) in [5.74, 6) is -0.640. The molecule has 1 aromatic carbocycles. The van der Waals surface area contributed by atoms with E-state index in [0.29, 0.717) is 11.1 Å². The smallest absolute Gasteiger partial charge is 0.320 e. The molecule has 3 N–H and O–H groups in total. The molecule has 0 spiro atoms. The number of imide groups is 1. The summed E-state index contributed by atoms with van der Waals surface area (Å²) in [6, 6.07) is 6.29. The van der Waals surface area contributed by atoms with Crippen molar-refractivity contribution < 1.29 is 14.4 Å². The normalized spacial score (nSPS) is 21.4. The van der Waals surface area contributed by atoms with Gasteiger partial charge in [0.25, 0.3) is 11.8 Å². The molecule has 1 aromatic heterocycles. The van der Waals surface area contributed by atoms with Gasteiger partial charge in [0, 0.05) is 10.4 Å². The molecule has 6 nitrogen and oxygen atoms in total. The number of urea groups is 1. The van der Waals surface area contributed by atoms with E-state index in [4.69, 9.17) is 0 Å². The van der Waals surface area contributed by atoms with Gasteiger partial charge in [0.15, 0.2) is 0 Å². The predicted molar refractivity (Wildman–Crippen MR) is 104 cm³/mol. The summed E-state index contributed by atoms with van der Waals surface area (Å²) in [5.41, 5.74) is 2.39. The fourth-order valence-corrected chi connectivity index (χ4v) is 5.03. The van der Waals surface area contributed by atoms with Crippen molar-refractivity contribution in [2.75, 3.05) is 5.32 Å². The first-order chi connectivity index (χ1) is 12.9. The van der Waals surface area contributed by atoms with Gasteiger partial charge in [0.1, 0.15) is 5.54 Å². The Morgan fingerprint density at radius 1 is 1.22 bits per heavy atom. The Labute approximate surface area is 161 Å². The average molecular weight is 383 g/mol. The van der Waals surface area contributed by atoms with Gasteiger partial charge in [-0.25, -0.2) is 4.79 Å². The van der Waals surface area contributed by atoms with E-state index in [1.54, 1.807) is 42.5 Å². The van der Waals surface area contributed by atoms with E-state index in [9.17, 15) is 14.4 Å². The largest absolute Gasteiger partial charge is 0.322 e. The van der Waals surface area contributed by atoms with Crippen LogP contribution in [0.3, 0.4) is 0 Å². The van der Waals surface area contributed by atoms with Gasteiger partial charge in [0.05, 0.1) is 5.00 Å². The van der Waals surface area contributed by atoms with E-state index >= 15 is 0 Å². The number of hydrogen-bond acceptors (Lipinski definition) is 4. The summed E-state index contributed by atoms with van der Waals surface area (Å²) in [7, 11) is 0. The van der Waals surface area contributed by atoms with Crippen molar-refractivity contribution in [2.24, 2.45) is 0 Å². The van der Waals surface area contributed by atoms with E-state index in [1.807, 2.05) is 0 Å². The molecule has 1 aliphatic heterocycles. The second kappa shape index (κ2) is 6.49. The summed E-state index contributed by atoms with van der Waals surface area (Å²) >= 11 is 1.66.